The Balaban J connectivity index is 1.75. The van der Waals surface area contributed by atoms with Crippen molar-refractivity contribution in [1.82, 2.24) is 15.0 Å². The summed E-state index contributed by atoms with van der Waals surface area (Å²) in [6, 6.07) is 11.3. The molecule has 118 valence electrons. The second-order valence-corrected chi connectivity index (χ2v) is 4.98. The van der Waals surface area contributed by atoms with Crippen LogP contribution in [0, 0.1) is 10.1 Å². The van der Waals surface area contributed by atoms with Crippen molar-refractivity contribution in [1.29, 1.82) is 0 Å². The number of aromatic nitrogens is 3. The lowest BCUT2D eigenvalue weighted by atomic mass is 10.2. The Morgan fingerprint density at radius 3 is 2.75 bits per heavy atom. The maximum absolute atomic E-state index is 12.1. The Hall–Kier alpha value is -3.75. The van der Waals surface area contributed by atoms with Gasteiger partial charge < -0.3 is 4.42 Å². The summed E-state index contributed by atoms with van der Waals surface area (Å²) in [6.45, 7) is 0. The first kappa shape index (κ1) is 13.9. The van der Waals surface area contributed by atoms with Crippen molar-refractivity contribution in [3.63, 3.8) is 0 Å². The molecule has 0 fully saturated rings. The van der Waals surface area contributed by atoms with Gasteiger partial charge in [0.05, 0.1) is 15.8 Å². The summed E-state index contributed by atoms with van der Waals surface area (Å²) in [5.41, 5.74) is 0.914. The van der Waals surface area contributed by atoms with Crippen LogP contribution in [0.2, 0.25) is 0 Å². The van der Waals surface area contributed by atoms with Crippen LogP contribution in [0.3, 0.4) is 0 Å². The van der Waals surface area contributed by atoms with E-state index in [1.165, 1.54) is 18.2 Å². The number of nitrogens with one attached hydrogen (secondary N) is 2. The molecule has 9 nitrogen and oxygen atoms in total. The highest BCUT2D eigenvalue weighted by molar-refractivity contribution is 5.81. The van der Waals surface area contributed by atoms with E-state index in [2.05, 4.69) is 20.3 Å². The van der Waals surface area contributed by atoms with Gasteiger partial charge >= 0.3 is 6.01 Å². The minimum Gasteiger partial charge on any atom is -0.423 e. The lowest BCUT2D eigenvalue weighted by Crippen LogP contribution is -2.11. The normalized spacial score (nSPS) is 11.0. The summed E-state index contributed by atoms with van der Waals surface area (Å²) >= 11 is 0. The molecule has 0 radical (unpaired) electrons. The predicted octanol–water partition coefficient (Wildman–Crippen LogP) is 2.72. The van der Waals surface area contributed by atoms with Crippen LogP contribution in [0.4, 0.5) is 17.7 Å². The Kier molecular flexibility index (Phi) is 2.98. The zero-order chi connectivity index (χ0) is 16.7. The van der Waals surface area contributed by atoms with E-state index >= 15 is 0 Å². The zero-order valence-corrected chi connectivity index (χ0v) is 12.0. The quantitative estimate of drug-likeness (QED) is 0.438. The monoisotopic (exact) mass is 323 g/mol. The number of hydrogen-bond acceptors (Lipinski definition) is 7. The van der Waals surface area contributed by atoms with E-state index < -0.39 is 10.5 Å². The molecule has 4 aromatic rings. The third-order valence-electron chi connectivity index (χ3n) is 3.42. The van der Waals surface area contributed by atoms with E-state index in [0.29, 0.717) is 16.6 Å². The number of nitrogens with zero attached hydrogens (tertiary/aromatic N) is 3. The standard InChI is InChI=1S/C15H9N5O4/c21-13-9-7-8(20(22)23)5-6-10(9)16-14(18-13)19-15-17-11-3-1-2-4-12(11)24-15/h1-7H,(H2,16,17,18,19,21). The number of benzene rings is 2. The third kappa shape index (κ3) is 2.33. The molecule has 0 bridgehead atoms. The lowest BCUT2D eigenvalue weighted by Gasteiger charge is -2.02. The van der Waals surface area contributed by atoms with Crippen molar-refractivity contribution in [2.45, 2.75) is 0 Å². The molecule has 0 aliphatic rings. The first-order valence-corrected chi connectivity index (χ1v) is 6.91. The molecule has 9 heteroatoms. The van der Waals surface area contributed by atoms with Crippen LogP contribution in [0.15, 0.2) is 51.7 Å². The fourth-order valence-electron chi connectivity index (χ4n) is 2.33. The minimum atomic E-state index is -0.566. The summed E-state index contributed by atoms with van der Waals surface area (Å²) in [5.74, 6) is 0.132. The summed E-state index contributed by atoms with van der Waals surface area (Å²) in [5, 5.41) is 13.7. The van der Waals surface area contributed by atoms with Gasteiger partial charge in [-0.2, -0.15) is 4.98 Å². The molecular weight excluding hydrogens is 314 g/mol. The number of para-hydroxylation sites is 2. The second kappa shape index (κ2) is 5.16. The van der Waals surface area contributed by atoms with Gasteiger partial charge in [-0.25, -0.2) is 4.98 Å². The molecule has 2 aromatic heterocycles. The SMILES string of the molecule is O=c1[nH]c(Nc2nc3ccccc3o2)nc2ccc([N+](=O)[O-])cc12. The summed E-state index contributed by atoms with van der Waals surface area (Å²) < 4.78 is 5.50. The minimum absolute atomic E-state index is 0.132. The van der Waals surface area contributed by atoms with Crippen LogP contribution < -0.4 is 10.9 Å². The van der Waals surface area contributed by atoms with Crippen LogP contribution in [0.5, 0.6) is 0 Å². The lowest BCUT2D eigenvalue weighted by molar-refractivity contribution is -0.384. The van der Waals surface area contributed by atoms with Crippen molar-refractivity contribution in [3.8, 4) is 0 Å². The van der Waals surface area contributed by atoms with Crippen LogP contribution in [-0.2, 0) is 0 Å². The number of fused-ring (bicyclic) bond motifs is 2. The average molecular weight is 323 g/mol. The smallest absolute Gasteiger partial charge is 0.302 e. The van der Waals surface area contributed by atoms with Crippen molar-refractivity contribution in [2.24, 2.45) is 0 Å². The number of nitro groups is 1. The predicted molar refractivity (Wildman–Crippen MR) is 86.3 cm³/mol. The number of non-ortho nitro benzene ring substituents is 1. The van der Waals surface area contributed by atoms with Gasteiger partial charge in [-0.1, -0.05) is 12.1 Å². The molecule has 0 saturated heterocycles. The molecule has 0 spiro atoms. The molecule has 0 aliphatic heterocycles. The Labute approximate surface area is 133 Å². The van der Waals surface area contributed by atoms with Crippen molar-refractivity contribution in [3.05, 3.63) is 62.9 Å². The van der Waals surface area contributed by atoms with Gasteiger partial charge in [0.25, 0.3) is 11.2 Å². The summed E-state index contributed by atoms with van der Waals surface area (Å²) in [7, 11) is 0. The Morgan fingerprint density at radius 2 is 1.96 bits per heavy atom. The number of H-pyrrole nitrogens is 1. The van der Waals surface area contributed by atoms with Gasteiger partial charge in [-0.05, 0) is 18.2 Å². The van der Waals surface area contributed by atoms with E-state index in [-0.39, 0.29) is 23.0 Å². The Morgan fingerprint density at radius 1 is 1.12 bits per heavy atom. The molecule has 2 aromatic carbocycles. The molecule has 0 unspecified atom stereocenters. The van der Waals surface area contributed by atoms with Crippen LogP contribution in [-0.4, -0.2) is 19.9 Å². The largest absolute Gasteiger partial charge is 0.423 e. The molecule has 0 atom stereocenters. The van der Waals surface area contributed by atoms with E-state index in [4.69, 9.17) is 4.42 Å². The van der Waals surface area contributed by atoms with Gasteiger partial charge in [0.1, 0.15) is 5.52 Å². The van der Waals surface area contributed by atoms with Gasteiger partial charge in [0.15, 0.2) is 5.58 Å². The molecule has 0 aliphatic carbocycles. The molecule has 4 rings (SSSR count). The number of anilines is 2. The van der Waals surface area contributed by atoms with Crippen LogP contribution in [0.25, 0.3) is 22.0 Å². The number of hydrogen-bond donors (Lipinski definition) is 2. The molecule has 0 saturated carbocycles. The Bertz CT molecular complexity index is 1110. The van der Waals surface area contributed by atoms with Gasteiger partial charge in [-0.15, -0.1) is 0 Å². The zero-order valence-electron chi connectivity index (χ0n) is 12.0. The number of oxazole rings is 1. The first-order valence-electron chi connectivity index (χ1n) is 6.91. The maximum atomic E-state index is 12.1. The number of rotatable bonds is 3. The maximum Gasteiger partial charge on any atom is 0.302 e. The third-order valence-corrected chi connectivity index (χ3v) is 3.42. The van der Waals surface area contributed by atoms with Gasteiger partial charge in [0.2, 0.25) is 5.95 Å². The molecule has 24 heavy (non-hydrogen) atoms. The van der Waals surface area contributed by atoms with Gasteiger partial charge in [0, 0.05) is 12.1 Å². The highest BCUT2D eigenvalue weighted by Crippen LogP contribution is 2.21. The average Bonchev–Trinajstić information content (AvgIpc) is 2.96. The van der Waals surface area contributed by atoms with E-state index in [0.717, 1.165) is 0 Å². The fraction of sp³-hybridized carbons (Fsp3) is 0. The highest BCUT2D eigenvalue weighted by Gasteiger charge is 2.12. The number of aromatic amines is 1. The van der Waals surface area contributed by atoms with Crippen LogP contribution >= 0.6 is 0 Å². The van der Waals surface area contributed by atoms with Crippen molar-refractivity contribution in [2.75, 3.05) is 5.32 Å². The number of nitro benzene ring substituents is 1. The van der Waals surface area contributed by atoms with E-state index in [1.807, 2.05) is 12.1 Å². The topological polar surface area (TPSA) is 127 Å². The fourth-order valence-corrected chi connectivity index (χ4v) is 2.33. The molecule has 2 N–H and O–H groups in total. The molecular formula is C15H9N5O4. The summed E-state index contributed by atoms with van der Waals surface area (Å²) in [6.07, 6.45) is 0. The summed E-state index contributed by atoms with van der Waals surface area (Å²) in [4.78, 5) is 33.3. The van der Waals surface area contributed by atoms with Gasteiger partial charge in [-0.3, -0.25) is 25.2 Å². The first-order chi connectivity index (χ1) is 11.6. The molecule has 0 amide bonds. The van der Waals surface area contributed by atoms with Crippen molar-refractivity contribution < 1.29 is 9.34 Å². The highest BCUT2D eigenvalue weighted by atomic mass is 16.6. The van der Waals surface area contributed by atoms with E-state index in [9.17, 15) is 14.9 Å². The van der Waals surface area contributed by atoms with Crippen LogP contribution in [0.1, 0.15) is 0 Å². The molecule has 2 heterocycles. The second-order valence-electron chi connectivity index (χ2n) is 4.98. The van der Waals surface area contributed by atoms with E-state index in [1.54, 1.807) is 12.1 Å². The van der Waals surface area contributed by atoms with Crippen molar-refractivity contribution >= 4 is 39.7 Å².